The molecule has 0 saturated carbocycles. The summed E-state index contributed by atoms with van der Waals surface area (Å²) in [4.78, 5) is 24.7. The van der Waals surface area contributed by atoms with Gasteiger partial charge in [0.05, 0.1) is 13.0 Å². The van der Waals surface area contributed by atoms with Crippen LogP contribution in [0.5, 0.6) is 0 Å². The summed E-state index contributed by atoms with van der Waals surface area (Å²) in [6.45, 7) is 0.855. The maximum absolute atomic E-state index is 11.8. The van der Waals surface area contributed by atoms with Crippen LogP contribution >= 0.6 is 0 Å². The van der Waals surface area contributed by atoms with Crippen LogP contribution in [0.4, 0.5) is 13.2 Å². The van der Waals surface area contributed by atoms with E-state index in [4.69, 9.17) is 0 Å². The number of hydrogen-bond acceptors (Lipinski definition) is 3. The van der Waals surface area contributed by atoms with Crippen molar-refractivity contribution >= 4 is 11.8 Å². The van der Waals surface area contributed by atoms with Crippen LogP contribution in [0.2, 0.25) is 0 Å². The van der Waals surface area contributed by atoms with E-state index in [1.807, 2.05) is 0 Å². The summed E-state index contributed by atoms with van der Waals surface area (Å²) in [7, 11) is 0. The summed E-state index contributed by atoms with van der Waals surface area (Å²) in [5.41, 5.74) is 0. The number of alkyl halides is 3. The van der Waals surface area contributed by atoms with Gasteiger partial charge in [0.15, 0.2) is 0 Å². The van der Waals surface area contributed by atoms with E-state index >= 15 is 0 Å². The van der Waals surface area contributed by atoms with Crippen molar-refractivity contribution in [1.82, 2.24) is 10.2 Å². The standard InChI is InChI=1S/C11H17F3N2O3/c1-2-8-10(18)15-4-5-16(8)9(17)3-6-19-7-11(12,13)14/h8H,2-7H2,1H3,(H,15,18)/t8-/m1/s1. The second kappa shape index (κ2) is 6.74. The first-order valence-electron chi connectivity index (χ1n) is 6.07. The molecule has 1 aliphatic rings. The molecule has 0 aromatic heterocycles. The summed E-state index contributed by atoms with van der Waals surface area (Å²) >= 11 is 0. The number of amides is 2. The van der Waals surface area contributed by atoms with Crippen LogP contribution < -0.4 is 5.32 Å². The highest BCUT2D eigenvalue weighted by atomic mass is 19.4. The summed E-state index contributed by atoms with van der Waals surface area (Å²) in [5, 5.41) is 2.64. The van der Waals surface area contributed by atoms with Crippen molar-refractivity contribution in [2.75, 3.05) is 26.3 Å². The molecule has 0 unspecified atom stereocenters. The van der Waals surface area contributed by atoms with E-state index in [-0.39, 0.29) is 24.8 Å². The zero-order valence-electron chi connectivity index (χ0n) is 10.6. The summed E-state index contributed by atoms with van der Waals surface area (Å²) < 4.78 is 39.9. The van der Waals surface area contributed by atoms with Gasteiger partial charge < -0.3 is 15.0 Å². The maximum atomic E-state index is 11.8. The van der Waals surface area contributed by atoms with E-state index < -0.39 is 18.8 Å². The van der Waals surface area contributed by atoms with Crippen LogP contribution in [0.15, 0.2) is 0 Å². The molecular formula is C11H17F3N2O3. The molecule has 1 rings (SSSR count). The Balaban J connectivity index is 2.37. The van der Waals surface area contributed by atoms with Gasteiger partial charge in [-0.15, -0.1) is 0 Å². The third-order valence-corrected chi connectivity index (χ3v) is 2.76. The third-order valence-electron chi connectivity index (χ3n) is 2.76. The second-order valence-corrected chi connectivity index (χ2v) is 4.22. The Morgan fingerprint density at radius 3 is 2.79 bits per heavy atom. The van der Waals surface area contributed by atoms with E-state index in [0.29, 0.717) is 19.5 Å². The summed E-state index contributed by atoms with van der Waals surface area (Å²) in [6.07, 6.45) is -4.07. The van der Waals surface area contributed by atoms with Crippen molar-refractivity contribution in [3.05, 3.63) is 0 Å². The fraction of sp³-hybridized carbons (Fsp3) is 0.818. The van der Waals surface area contributed by atoms with Gasteiger partial charge in [-0.1, -0.05) is 6.92 Å². The van der Waals surface area contributed by atoms with Crippen molar-refractivity contribution in [3.63, 3.8) is 0 Å². The molecule has 2 amide bonds. The topological polar surface area (TPSA) is 58.6 Å². The quantitative estimate of drug-likeness (QED) is 0.755. The number of nitrogens with one attached hydrogen (secondary N) is 1. The predicted molar refractivity (Wildman–Crippen MR) is 60.3 cm³/mol. The van der Waals surface area contributed by atoms with E-state index in [1.165, 1.54) is 4.90 Å². The lowest BCUT2D eigenvalue weighted by atomic mass is 10.1. The van der Waals surface area contributed by atoms with E-state index in [0.717, 1.165) is 0 Å². The highest BCUT2D eigenvalue weighted by molar-refractivity contribution is 5.88. The van der Waals surface area contributed by atoms with Gasteiger partial charge in [-0.05, 0) is 6.42 Å². The van der Waals surface area contributed by atoms with E-state index in [1.54, 1.807) is 6.92 Å². The molecular weight excluding hydrogens is 265 g/mol. The smallest absolute Gasteiger partial charge is 0.372 e. The normalized spacial score (nSPS) is 20.3. The van der Waals surface area contributed by atoms with Gasteiger partial charge in [0, 0.05) is 13.1 Å². The Hall–Kier alpha value is -1.31. The second-order valence-electron chi connectivity index (χ2n) is 4.22. The molecule has 19 heavy (non-hydrogen) atoms. The maximum Gasteiger partial charge on any atom is 0.411 e. The largest absolute Gasteiger partial charge is 0.411 e. The van der Waals surface area contributed by atoms with Gasteiger partial charge in [0.2, 0.25) is 11.8 Å². The lowest BCUT2D eigenvalue weighted by molar-refractivity contribution is -0.175. The Labute approximate surface area is 109 Å². The van der Waals surface area contributed by atoms with Crippen molar-refractivity contribution < 1.29 is 27.5 Å². The van der Waals surface area contributed by atoms with Crippen LogP contribution in [-0.2, 0) is 14.3 Å². The number of ether oxygens (including phenoxy) is 1. The van der Waals surface area contributed by atoms with E-state index in [9.17, 15) is 22.8 Å². The number of rotatable bonds is 5. The Morgan fingerprint density at radius 2 is 2.21 bits per heavy atom. The predicted octanol–water partition coefficient (Wildman–Crippen LogP) is 0.692. The van der Waals surface area contributed by atoms with Gasteiger partial charge in [-0.3, -0.25) is 9.59 Å². The van der Waals surface area contributed by atoms with Gasteiger partial charge in [-0.2, -0.15) is 13.2 Å². The van der Waals surface area contributed by atoms with Gasteiger partial charge in [0.25, 0.3) is 0 Å². The molecule has 0 aromatic carbocycles. The molecule has 1 N–H and O–H groups in total. The lowest BCUT2D eigenvalue weighted by Gasteiger charge is -2.34. The molecule has 1 atom stereocenters. The first-order valence-corrected chi connectivity index (χ1v) is 6.07. The van der Waals surface area contributed by atoms with Crippen LogP contribution in [-0.4, -0.2) is 55.2 Å². The van der Waals surface area contributed by atoms with Gasteiger partial charge >= 0.3 is 6.18 Å². The minimum atomic E-state index is -4.39. The van der Waals surface area contributed by atoms with Crippen LogP contribution in [0.1, 0.15) is 19.8 Å². The molecule has 8 heteroatoms. The monoisotopic (exact) mass is 282 g/mol. The Morgan fingerprint density at radius 1 is 1.53 bits per heavy atom. The zero-order chi connectivity index (χ0) is 14.5. The van der Waals surface area contributed by atoms with Crippen molar-refractivity contribution in [3.8, 4) is 0 Å². The molecule has 1 aliphatic heterocycles. The van der Waals surface area contributed by atoms with Crippen molar-refractivity contribution in [2.45, 2.75) is 32.0 Å². The molecule has 0 radical (unpaired) electrons. The van der Waals surface area contributed by atoms with Crippen LogP contribution in [0, 0.1) is 0 Å². The first kappa shape index (κ1) is 15.7. The molecule has 0 spiro atoms. The zero-order valence-corrected chi connectivity index (χ0v) is 10.6. The number of piperazine rings is 1. The minimum absolute atomic E-state index is 0.153. The van der Waals surface area contributed by atoms with Crippen molar-refractivity contribution in [1.29, 1.82) is 0 Å². The number of halogens is 3. The molecule has 1 fully saturated rings. The number of carbonyl (C=O) groups excluding carboxylic acids is 2. The fourth-order valence-electron chi connectivity index (χ4n) is 1.91. The van der Waals surface area contributed by atoms with Crippen LogP contribution in [0.3, 0.4) is 0 Å². The summed E-state index contributed by atoms with van der Waals surface area (Å²) in [6, 6.07) is -0.538. The number of carbonyl (C=O) groups is 2. The van der Waals surface area contributed by atoms with E-state index in [2.05, 4.69) is 10.1 Å². The summed E-state index contributed by atoms with van der Waals surface area (Å²) in [5.74, 6) is -0.581. The molecule has 5 nitrogen and oxygen atoms in total. The molecule has 0 aromatic rings. The highest BCUT2D eigenvalue weighted by Crippen LogP contribution is 2.15. The first-order chi connectivity index (χ1) is 8.85. The molecule has 0 bridgehead atoms. The fourth-order valence-corrected chi connectivity index (χ4v) is 1.91. The third kappa shape index (κ3) is 5.06. The average Bonchev–Trinajstić information content (AvgIpc) is 2.33. The molecule has 1 heterocycles. The molecule has 0 aliphatic carbocycles. The van der Waals surface area contributed by atoms with Crippen LogP contribution in [0.25, 0.3) is 0 Å². The molecule has 110 valence electrons. The lowest BCUT2D eigenvalue weighted by Crippen LogP contribution is -2.57. The van der Waals surface area contributed by atoms with Gasteiger partial charge in [-0.25, -0.2) is 0 Å². The number of nitrogens with zero attached hydrogens (tertiary/aromatic N) is 1. The SMILES string of the molecule is CC[C@@H]1C(=O)NCCN1C(=O)CCOCC(F)(F)F. The number of hydrogen-bond donors (Lipinski definition) is 1. The highest BCUT2D eigenvalue weighted by Gasteiger charge is 2.31. The van der Waals surface area contributed by atoms with Crippen molar-refractivity contribution in [2.24, 2.45) is 0 Å². The minimum Gasteiger partial charge on any atom is -0.372 e. The Kier molecular flexibility index (Phi) is 5.59. The average molecular weight is 282 g/mol. The molecule has 1 saturated heterocycles. The Bertz CT molecular complexity index is 334. The van der Waals surface area contributed by atoms with Gasteiger partial charge in [0.1, 0.15) is 12.6 Å².